The van der Waals surface area contributed by atoms with Gasteiger partial charge in [-0.05, 0) is 12.1 Å². The molecule has 1 atom stereocenters. The topological polar surface area (TPSA) is 93.4 Å². The van der Waals surface area contributed by atoms with Crippen molar-refractivity contribution in [3.63, 3.8) is 0 Å². The third kappa shape index (κ3) is 5.01. The molecule has 1 unspecified atom stereocenters. The molecule has 0 aromatic heterocycles. The number of nitrogens with one attached hydrogen (secondary N) is 2. The number of nitrogens with two attached hydrogens (primary N) is 1. The molecule has 0 bridgehead atoms. The number of amides is 2. The van der Waals surface area contributed by atoms with Crippen LogP contribution in [0.3, 0.4) is 0 Å². The SMILES string of the molecule is COC(CN)CC(=O)NCC(=O)Nc1ccc(F)c(F)c1F. The quantitative estimate of drug-likeness (QED) is 0.639. The predicted octanol–water partition coefficient (Wildman–Crippen LogP) is 0.522. The third-order valence-corrected chi connectivity index (χ3v) is 2.76. The molecular weight excluding hydrogens is 303 g/mol. The fourth-order valence-electron chi connectivity index (χ4n) is 1.54. The number of rotatable bonds is 7. The van der Waals surface area contributed by atoms with Gasteiger partial charge in [-0.2, -0.15) is 0 Å². The Hall–Kier alpha value is -2.13. The molecular formula is C13H16F3N3O3. The summed E-state index contributed by atoms with van der Waals surface area (Å²) in [6.45, 7) is -0.325. The first-order valence-corrected chi connectivity index (χ1v) is 6.32. The van der Waals surface area contributed by atoms with Crippen molar-refractivity contribution in [3.05, 3.63) is 29.6 Å². The highest BCUT2D eigenvalue weighted by atomic mass is 19.2. The van der Waals surface area contributed by atoms with Gasteiger partial charge < -0.3 is 21.1 Å². The van der Waals surface area contributed by atoms with Gasteiger partial charge in [0.2, 0.25) is 11.8 Å². The first kappa shape index (κ1) is 17.9. The highest BCUT2D eigenvalue weighted by Gasteiger charge is 2.16. The van der Waals surface area contributed by atoms with Crippen LogP contribution in [0.5, 0.6) is 0 Å². The number of carbonyl (C=O) groups is 2. The van der Waals surface area contributed by atoms with Crippen LogP contribution in [0, 0.1) is 17.5 Å². The molecule has 0 heterocycles. The molecule has 0 saturated carbocycles. The maximum absolute atomic E-state index is 13.3. The van der Waals surface area contributed by atoms with Crippen molar-refractivity contribution >= 4 is 17.5 Å². The predicted molar refractivity (Wildman–Crippen MR) is 72.4 cm³/mol. The van der Waals surface area contributed by atoms with Crippen LogP contribution in [0.25, 0.3) is 0 Å². The van der Waals surface area contributed by atoms with Gasteiger partial charge in [0.1, 0.15) is 0 Å². The van der Waals surface area contributed by atoms with Gasteiger partial charge in [-0.1, -0.05) is 0 Å². The van der Waals surface area contributed by atoms with Crippen molar-refractivity contribution in [1.82, 2.24) is 5.32 Å². The molecule has 22 heavy (non-hydrogen) atoms. The molecule has 0 aliphatic heterocycles. The largest absolute Gasteiger partial charge is 0.380 e. The van der Waals surface area contributed by atoms with E-state index in [-0.39, 0.29) is 13.0 Å². The van der Waals surface area contributed by atoms with E-state index in [2.05, 4.69) is 5.32 Å². The molecule has 0 fully saturated rings. The normalized spacial score (nSPS) is 11.9. The van der Waals surface area contributed by atoms with Gasteiger partial charge in [0.25, 0.3) is 0 Å². The summed E-state index contributed by atoms with van der Waals surface area (Å²) in [6, 6.07) is 1.56. The molecule has 0 radical (unpaired) electrons. The lowest BCUT2D eigenvalue weighted by Crippen LogP contribution is -2.36. The lowest BCUT2D eigenvalue weighted by atomic mass is 10.2. The molecule has 2 amide bonds. The summed E-state index contributed by atoms with van der Waals surface area (Å²) in [5.74, 6) is -5.84. The van der Waals surface area contributed by atoms with Crippen molar-refractivity contribution < 1.29 is 27.5 Å². The van der Waals surface area contributed by atoms with Crippen LogP contribution < -0.4 is 16.4 Å². The van der Waals surface area contributed by atoms with Crippen LogP contribution in [0.4, 0.5) is 18.9 Å². The van der Waals surface area contributed by atoms with E-state index in [0.29, 0.717) is 6.07 Å². The van der Waals surface area contributed by atoms with Gasteiger partial charge in [-0.25, -0.2) is 13.2 Å². The van der Waals surface area contributed by atoms with Crippen molar-refractivity contribution in [1.29, 1.82) is 0 Å². The van der Waals surface area contributed by atoms with E-state index in [1.807, 2.05) is 5.32 Å². The minimum absolute atomic E-state index is 0.0418. The van der Waals surface area contributed by atoms with E-state index in [0.717, 1.165) is 6.07 Å². The van der Waals surface area contributed by atoms with Crippen LogP contribution in [0.2, 0.25) is 0 Å². The average Bonchev–Trinajstić information content (AvgIpc) is 2.51. The number of anilines is 1. The lowest BCUT2D eigenvalue weighted by molar-refractivity contribution is -0.125. The monoisotopic (exact) mass is 319 g/mol. The van der Waals surface area contributed by atoms with E-state index in [1.165, 1.54) is 7.11 Å². The number of hydrogen-bond donors (Lipinski definition) is 3. The van der Waals surface area contributed by atoms with Gasteiger partial charge in [0, 0.05) is 13.7 Å². The summed E-state index contributed by atoms with van der Waals surface area (Å²) in [6.07, 6.45) is -0.522. The van der Waals surface area contributed by atoms with Crippen molar-refractivity contribution in [2.75, 3.05) is 25.5 Å². The second-order valence-electron chi connectivity index (χ2n) is 4.35. The maximum atomic E-state index is 13.3. The molecule has 1 aromatic rings. The fraction of sp³-hybridized carbons (Fsp3) is 0.385. The van der Waals surface area contributed by atoms with E-state index >= 15 is 0 Å². The van der Waals surface area contributed by atoms with E-state index in [4.69, 9.17) is 10.5 Å². The van der Waals surface area contributed by atoms with Crippen LogP contribution in [-0.2, 0) is 14.3 Å². The Morgan fingerprint density at radius 2 is 1.91 bits per heavy atom. The summed E-state index contributed by atoms with van der Waals surface area (Å²) in [4.78, 5) is 23.0. The van der Waals surface area contributed by atoms with Gasteiger partial charge in [-0.15, -0.1) is 0 Å². The van der Waals surface area contributed by atoms with Crippen LogP contribution in [0.15, 0.2) is 12.1 Å². The number of methoxy groups -OCH3 is 1. The second kappa shape index (κ2) is 8.35. The first-order valence-electron chi connectivity index (χ1n) is 6.32. The Labute approximate surface area is 124 Å². The van der Waals surface area contributed by atoms with Gasteiger partial charge >= 0.3 is 0 Å². The molecule has 1 aromatic carbocycles. The number of hydrogen-bond acceptors (Lipinski definition) is 4. The van der Waals surface area contributed by atoms with Crippen molar-refractivity contribution in [2.45, 2.75) is 12.5 Å². The minimum atomic E-state index is -1.69. The number of carbonyl (C=O) groups excluding carboxylic acids is 2. The van der Waals surface area contributed by atoms with Crippen LogP contribution in [0.1, 0.15) is 6.42 Å². The number of ether oxygens (including phenoxy) is 1. The Bertz CT molecular complexity index is 551. The average molecular weight is 319 g/mol. The van der Waals surface area contributed by atoms with E-state index in [9.17, 15) is 22.8 Å². The molecule has 4 N–H and O–H groups in total. The third-order valence-electron chi connectivity index (χ3n) is 2.76. The molecule has 9 heteroatoms. The zero-order valence-electron chi connectivity index (χ0n) is 11.8. The summed E-state index contributed by atoms with van der Waals surface area (Å²) in [5, 5.41) is 4.29. The minimum Gasteiger partial charge on any atom is -0.380 e. The molecule has 0 aliphatic rings. The van der Waals surface area contributed by atoms with Crippen molar-refractivity contribution in [2.24, 2.45) is 5.73 Å². The molecule has 0 saturated heterocycles. The van der Waals surface area contributed by atoms with Crippen LogP contribution in [-0.4, -0.2) is 38.1 Å². The number of halogens is 3. The Morgan fingerprint density at radius 1 is 1.23 bits per heavy atom. The second-order valence-corrected chi connectivity index (χ2v) is 4.35. The summed E-state index contributed by atoms with van der Waals surface area (Å²) >= 11 is 0. The molecule has 0 spiro atoms. The summed E-state index contributed by atoms with van der Waals surface area (Å²) in [7, 11) is 1.39. The Morgan fingerprint density at radius 3 is 2.50 bits per heavy atom. The number of benzene rings is 1. The first-order chi connectivity index (χ1) is 10.4. The van der Waals surface area contributed by atoms with Crippen molar-refractivity contribution in [3.8, 4) is 0 Å². The molecule has 6 nitrogen and oxygen atoms in total. The maximum Gasteiger partial charge on any atom is 0.243 e. The molecule has 1 rings (SSSR count). The standard InChI is InChI=1S/C13H16F3N3O3/c1-22-7(5-17)4-10(20)18-6-11(21)19-9-3-2-8(14)12(15)13(9)16/h2-3,7H,4-6,17H2,1H3,(H,18,20)(H,19,21). The zero-order valence-corrected chi connectivity index (χ0v) is 11.8. The van der Waals surface area contributed by atoms with Gasteiger partial charge in [-0.3, -0.25) is 9.59 Å². The van der Waals surface area contributed by atoms with Crippen LogP contribution >= 0.6 is 0 Å². The van der Waals surface area contributed by atoms with Gasteiger partial charge in [0.15, 0.2) is 17.5 Å². The highest BCUT2D eigenvalue weighted by Crippen LogP contribution is 2.19. The van der Waals surface area contributed by atoms with Gasteiger partial charge in [0.05, 0.1) is 24.8 Å². The molecule has 122 valence electrons. The smallest absolute Gasteiger partial charge is 0.243 e. The fourth-order valence-corrected chi connectivity index (χ4v) is 1.54. The zero-order chi connectivity index (χ0) is 16.7. The lowest BCUT2D eigenvalue weighted by Gasteiger charge is -2.12. The Balaban J connectivity index is 2.50. The van der Waals surface area contributed by atoms with E-state index in [1.54, 1.807) is 0 Å². The summed E-state index contributed by atoms with van der Waals surface area (Å²) in [5.41, 5.74) is 4.82. The highest BCUT2D eigenvalue weighted by molar-refractivity contribution is 5.94. The Kier molecular flexibility index (Phi) is 6.80. The summed E-state index contributed by atoms with van der Waals surface area (Å²) < 4.78 is 44.0. The molecule has 0 aliphatic carbocycles. The van der Waals surface area contributed by atoms with E-state index < -0.39 is 47.6 Å².